The molecular weight excluding hydrogens is 296 g/mol. The number of hydrogen-bond acceptors (Lipinski definition) is 4. The van der Waals surface area contributed by atoms with Crippen molar-refractivity contribution in [3.8, 4) is 0 Å². The molecule has 2 rings (SSSR count). The van der Waals surface area contributed by atoms with Crippen molar-refractivity contribution in [3.05, 3.63) is 35.3 Å². The van der Waals surface area contributed by atoms with Crippen molar-refractivity contribution >= 4 is 11.8 Å². The molecule has 126 valence electrons. The number of aromatic nitrogens is 1. The Morgan fingerprint density at radius 3 is 2.39 bits per heavy atom. The van der Waals surface area contributed by atoms with Crippen molar-refractivity contribution in [2.75, 3.05) is 13.1 Å². The number of likely N-dealkylation sites (tertiary alicyclic amines) is 1. The molecule has 0 spiro atoms. The fraction of sp³-hybridized carbons (Fsp3) is 0.562. The molecule has 7 nitrogen and oxygen atoms in total. The van der Waals surface area contributed by atoms with Crippen LogP contribution in [-0.4, -0.2) is 41.9 Å². The van der Waals surface area contributed by atoms with E-state index in [4.69, 9.17) is 5.73 Å². The van der Waals surface area contributed by atoms with Crippen LogP contribution < -0.4 is 15.8 Å². The van der Waals surface area contributed by atoms with Crippen LogP contribution in [0.15, 0.2) is 24.5 Å². The van der Waals surface area contributed by atoms with E-state index in [1.54, 1.807) is 11.8 Å². The Hall–Kier alpha value is -2.15. The second kappa shape index (κ2) is 7.41. The molecule has 1 aromatic rings. The third-order valence-corrected chi connectivity index (χ3v) is 4.37. The average molecular weight is 320 g/mol. The molecule has 1 saturated heterocycles. The summed E-state index contributed by atoms with van der Waals surface area (Å²) in [6, 6.07) is 2.54. The van der Waals surface area contributed by atoms with E-state index in [-0.39, 0.29) is 17.9 Å². The van der Waals surface area contributed by atoms with E-state index in [0.717, 1.165) is 12.8 Å². The van der Waals surface area contributed by atoms with Gasteiger partial charge in [0.15, 0.2) is 12.4 Å². The van der Waals surface area contributed by atoms with E-state index in [2.05, 4.69) is 5.32 Å². The van der Waals surface area contributed by atoms with E-state index in [1.807, 2.05) is 6.92 Å². The summed E-state index contributed by atoms with van der Waals surface area (Å²) in [5.74, 6) is 0.117. The zero-order chi connectivity index (χ0) is 17.0. The Kier molecular flexibility index (Phi) is 5.54. The average Bonchev–Trinajstić information content (AvgIpc) is 2.54. The van der Waals surface area contributed by atoms with E-state index < -0.39 is 6.04 Å². The highest BCUT2D eigenvalue weighted by atomic mass is 16.5. The number of carbonyl (C=O) groups excluding carboxylic acids is 2. The van der Waals surface area contributed by atoms with Crippen LogP contribution in [0.1, 0.15) is 37.0 Å². The van der Waals surface area contributed by atoms with Gasteiger partial charge in [0.1, 0.15) is 0 Å². The molecule has 1 unspecified atom stereocenters. The molecule has 2 heterocycles. The van der Waals surface area contributed by atoms with E-state index in [9.17, 15) is 14.8 Å². The molecule has 2 atom stereocenters. The van der Waals surface area contributed by atoms with Crippen LogP contribution in [0.25, 0.3) is 0 Å². The molecule has 0 radical (unpaired) electrons. The van der Waals surface area contributed by atoms with E-state index in [0.29, 0.717) is 29.3 Å². The summed E-state index contributed by atoms with van der Waals surface area (Å²) in [6.45, 7) is 5.02. The fourth-order valence-electron chi connectivity index (χ4n) is 2.88. The summed E-state index contributed by atoms with van der Waals surface area (Å²) in [4.78, 5) is 25.8. The number of nitrogens with zero attached hydrogens (tertiary/aromatic N) is 2. The standard InChI is InChI=1S/C16H24N4O3/c1-11(17)16(22)19-7-3-13(4-8-19)12(2)18-15(21)14-5-9-20(23)10-6-14/h5-6,9-13H,3-4,7-8,17H2,1-2H3,(H,18,21)/t11-,12?/m0/s1. The molecule has 0 aliphatic carbocycles. The van der Waals surface area contributed by atoms with Gasteiger partial charge in [-0.3, -0.25) is 9.59 Å². The van der Waals surface area contributed by atoms with Crippen LogP contribution in [-0.2, 0) is 4.79 Å². The zero-order valence-corrected chi connectivity index (χ0v) is 13.6. The second-order valence-corrected chi connectivity index (χ2v) is 6.16. The maximum atomic E-state index is 12.2. The number of piperidine rings is 1. The molecule has 3 N–H and O–H groups in total. The van der Waals surface area contributed by atoms with Gasteiger partial charge in [-0.2, -0.15) is 4.73 Å². The van der Waals surface area contributed by atoms with Gasteiger partial charge in [0.2, 0.25) is 5.91 Å². The highest BCUT2D eigenvalue weighted by Gasteiger charge is 2.28. The molecule has 0 bridgehead atoms. The van der Waals surface area contributed by atoms with Gasteiger partial charge in [0.25, 0.3) is 5.91 Å². The highest BCUT2D eigenvalue weighted by molar-refractivity contribution is 5.94. The number of pyridine rings is 1. The lowest BCUT2D eigenvalue weighted by Crippen LogP contribution is -2.49. The Morgan fingerprint density at radius 2 is 1.87 bits per heavy atom. The van der Waals surface area contributed by atoms with Crippen LogP contribution in [0.3, 0.4) is 0 Å². The molecule has 0 saturated carbocycles. The van der Waals surface area contributed by atoms with Gasteiger partial charge in [-0.05, 0) is 32.6 Å². The number of amides is 2. The van der Waals surface area contributed by atoms with E-state index >= 15 is 0 Å². The smallest absolute Gasteiger partial charge is 0.251 e. The minimum absolute atomic E-state index is 0.00892. The normalized spacial score (nSPS) is 18.3. The van der Waals surface area contributed by atoms with Crippen LogP contribution in [0.2, 0.25) is 0 Å². The first kappa shape index (κ1) is 17.2. The Morgan fingerprint density at radius 1 is 1.30 bits per heavy atom. The molecule has 1 aromatic heterocycles. The number of rotatable bonds is 4. The SMILES string of the molecule is CC(NC(=O)c1cc[n+]([O-])cc1)C1CCN(C(=O)[C@H](C)N)CC1. The summed E-state index contributed by atoms with van der Waals surface area (Å²) >= 11 is 0. The lowest BCUT2D eigenvalue weighted by molar-refractivity contribution is -0.605. The second-order valence-electron chi connectivity index (χ2n) is 6.16. The first-order valence-corrected chi connectivity index (χ1v) is 7.92. The summed E-state index contributed by atoms with van der Waals surface area (Å²) in [6.07, 6.45) is 4.29. The molecule has 23 heavy (non-hydrogen) atoms. The van der Waals surface area contributed by atoms with Crippen LogP contribution >= 0.6 is 0 Å². The number of carbonyl (C=O) groups is 2. The summed E-state index contributed by atoms with van der Waals surface area (Å²) in [5, 5.41) is 14.0. The van der Waals surface area contributed by atoms with Crippen LogP contribution in [0.5, 0.6) is 0 Å². The summed E-state index contributed by atoms with van der Waals surface area (Å²) in [7, 11) is 0. The van der Waals surface area contributed by atoms with E-state index in [1.165, 1.54) is 24.5 Å². The number of nitrogens with two attached hydrogens (primary N) is 1. The monoisotopic (exact) mass is 320 g/mol. The third-order valence-electron chi connectivity index (χ3n) is 4.37. The Bertz CT molecular complexity index is 551. The van der Waals surface area contributed by atoms with Gasteiger partial charge in [0.05, 0.1) is 11.6 Å². The molecule has 1 aliphatic rings. The predicted molar refractivity (Wildman–Crippen MR) is 85.3 cm³/mol. The van der Waals surface area contributed by atoms with Gasteiger partial charge in [-0.25, -0.2) is 0 Å². The van der Waals surface area contributed by atoms with Gasteiger partial charge in [-0.15, -0.1) is 0 Å². The van der Waals surface area contributed by atoms with Gasteiger partial charge < -0.3 is 21.2 Å². The molecule has 0 aromatic carbocycles. The van der Waals surface area contributed by atoms with Crippen molar-refractivity contribution in [2.45, 2.75) is 38.8 Å². The molecule has 7 heteroatoms. The summed E-state index contributed by atoms with van der Waals surface area (Å²) in [5.41, 5.74) is 6.10. The number of hydrogen-bond donors (Lipinski definition) is 2. The van der Waals surface area contributed by atoms with Crippen molar-refractivity contribution in [2.24, 2.45) is 11.7 Å². The first-order valence-electron chi connectivity index (χ1n) is 7.92. The lowest BCUT2D eigenvalue weighted by atomic mass is 9.90. The van der Waals surface area contributed by atoms with Crippen molar-refractivity contribution < 1.29 is 14.3 Å². The third kappa shape index (κ3) is 4.41. The topological polar surface area (TPSA) is 102 Å². The molecule has 1 aliphatic heterocycles. The van der Waals surface area contributed by atoms with Gasteiger partial charge in [-0.1, -0.05) is 0 Å². The quantitative estimate of drug-likeness (QED) is 0.603. The van der Waals surface area contributed by atoms with Crippen molar-refractivity contribution in [1.82, 2.24) is 10.2 Å². The molecule has 2 amide bonds. The first-order chi connectivity index (χ1) is 10.9. The Balaban J connectivity index is 1.85. The maximum absolute atomic E-state index is 12.2. The minimum atomic E-state index is -0.467. The van der Waals surface area contributed by atoms with Crippen molar-refractivity contribution in [1.29, 1.82) is 0 Å². The van der Waals surface area contributed by atoms with Gasteiger partial charge >= 0.3 is 0 Å². The fourth-order valence-corrected chi connectivity index (χ4v) is 2.88. The Labute approximate surface area is 136 Å². The minimum Gasteiger partial charge on any atom is -0.619 e. The lowest BCUT2D eigenvalue weighted by Gasteiger charge is -2.35. The summed E-state index contributed by atoms with van der Waals surface area (Å²) < 4.78 is 0.644. The van der Waals surface area contributed by atoms with Crippen molar-refractivity contribution in [3.63, 3.8) is 0 Å². The molecule has 1 fully saturated rings. The molecular formula is C16H24N4O3. The van der Waals surface area contributed by atoms with Crippen LogP contribution in [0.4, 0.5) is 0 Å². The largest absolute Gasteiger partial charge is 0.619 e. The maximum Gasteiger partial charge on any atom is 0.251 e. The van der Waals surface area contributed by atoms with Gasteiger partial charge in [0, 0.05) is 31.3 Å². The van der Waals surface area contributed by atoms with Crippen LogP contribution in [0, 0.1) is 11.1 Å². The number of nitrogens with one attached hydrogen (secondary N) is 1. The zero-order valence-electron chi connectivity index (χ0n) is 13.6. The predicted octanol–water partition coefficient (Wildman–Crippen LogP) is 0.0241. The highest BCUT2D eigenvalue weighted by Crippen LogP contribution is 2.21.